The van der Waals surface area contributed by atoms with Gasteiger partial charge in [-0.3, -0.25) is 4.79 Å². The van der Waals surface area contributed by atoms with E-state index in [1.54, 1.807) is 12.3 Å². The van der Waals surface area contributed by atoms with Crippen molar-refractivity contribution < 1.29 is 14.3 Å². The molecule has 2 heterocycles. The van der Waals surface area contributed by atoms with Crippen LogP contribution in [0.1, 0.15) is 36.5 Å². The largest absolute Gasteiger partial charge is 0.381 e. The lowest BCUT2D eigenvalue weighted by Crippen LogP contribution is -2.38. The smallest absolute Gasteiger partial charge is 0.255 e. The van der Waals surface area contributed by atoms with Gasteiger partial charge in [-0.05, 0) is 25.0 Å². The van der Waals surface area contributed by atoms with Crippen molar-refractivity contribution in [2.24, 2.45) is 0 Å². The number of nitrogens with one attached hydrogen (secondary N) is 1. The summed E-state index contributed by atoms with van der Waals surface area (Å²) in [6.45, 7) is 7.12. The number of ether oxygens (including phenoxy) is 2. The number of carbonyl (C=O) groups is 1. The first-order valence-corrected chi connectivity index (χ1v) is 8.46. The lowest BCUT2D eigenvalue weighted by molar-refractivity contribution is 0.0938. The molecule has 1 aliphatic rings. The van der Waals surface area contributed by atoms with Crippen LogP contribution < -0.4 is 10.2 Å². The lowest BCUT2D eigenvalue weighted by atomic mass is 10.2. The minimum absolute atomic E-state index is 0.0758. The van der Waals surface area contributed by atoms with Crippen LogP contribution >= 0.6 is 0 Å². The average molecular weight is 321 g/mol. The molecule has 0 bridgehead atoms. The summed E-state index contributed by atoms with van der Waals surface area (Å²) >= 11 is 0. The first kappa shape index (κ1) is 17.7. The maximum atomic E-state index is 12.4. The Morgan fingerprint density at radius 3 is 2.91 bits per heavy atom. The number of unbranched alkanes of at least 4 members (excludes halogenated alkanes) is 1. The monoisotopic (exact) mass is 321 g/mol. The highest BCUT2D eigenvalue weighted by atomic mass is 16.5. The molecule has 6 nitrogen and oxygen atoms in total. The van der Waals surface area contributed by atoms with Crippen molar-refractivity contribution >= 4 is 11.7 Å². The lowest BCUT2D eigenvalue weighted by Gasteiger charge is -2.29. The second-order valence-electron chi connectivity index (χ2n) is 5.55. The van der Waals surface area contributed by atoms with E-state index in [0.717, 1.165) is 44.8 Å². The summed E-state index contributed by atoms with van der Waals surface area (Å²) in [5.41, 5.74) is 0.626. The summed E-state index contributed by atoms with van der Waals surface area (Å²) in [6.07, 6.45) is 4.78. The van der Waals surface area contributed by atoms with Gasteiger partial charge >= 0.3 is 0 Å². The van der Waals surface area contributed by atoms with Gasteiger partial charge < -0.3 is 19.7 Å². The molecule has 0 aromatic carbocycles. The maximum Gasteiger partial charge on any atom is 0.255 e. The topological polar surface area (TPSA) is 63.7 Å². The van der Waals surface area contributed by atoms with Gasteiger partial charge in [-0.1, -0.05) is 13.3 Å². The Labute approximate surface area is 138 Å². The van der Waals surface area contributed by atoms with Gasteiger partial charge in [0.15, 0.2) is 0 Å². The number of nitrogens with zero attached hydrogens (tertiary/aromatic N) is 2. The van der Waals surface area contributed by atoms with Crippen molar-refractivity contribution in [2.75, 3.05) is 51.0 Å². The molecule has 0 unspecified atom stereocenters. The van der Waals surface area contributed by atoms with Crippen LogP contribution in [-0.2, 0) is 9.47 Å². The van der Waals surface area contributed by atoms with E-state index in [-0.39, 0.29) is 5.91 Å². The van der Waals surface area contributed by atoms with Gasteiger partial charge in [0.1, 0.15) is 5.82 Å². The van der Waals surface area contributed by atoms with Crippen molar-refractivity contribution in [2.45, 2.75) is 26.2 Å². The molecule has 0 aliphatic carbocycles. The number of hydrogen-bond donors (Lipinski definition) is 1. The SMILES string of the molecule is CCCCOCCCNC(=O)c1cccnc1N1CCOCC1. The van der Waals surface area contributed by atoms with E-state index in [1.165, 1.54) is 0 Å². The van der Waals surface area contributed by atoms with E-state index in [2.05, 4.69) is 22.1 Å². The Bertz CT molecular complexity index is 476. The Kier molecular flexibility index (Phi) is 7.83. The van der Waals surface area contributed by atoms with Crippen molar-refractivity contribution in [3.63, 3.8) is 0 Å². The molecule has 1 amide bonds. The molecule has 1 saturated heterocycles. The van der Waals surface area contributed by atoms with E-state index >= 15 is 0 Å². The number of carbonyl (C=O) groups excluding carboxylic acids is 1. The molecular weight excluding hydrogens is 294 g/mol. The molecular formula is C17H27N3O3. The van der Waals surface area contributed by atoms with E-state index in [4.69, 9.17) is 9.47 Å². The van der Waals surface area contributed by atoms with Crippen LogP contribution in [0.2, 0.25) is 0 Å². The summed E-state index contributed by atoms with van der Waals surface area (Å²) in [6, 6.07) is 3.62. The summed E-state index contributed by atoms with van der Waals surface area (Å²) in [7, 11) is 0. The van der Waals surface area contributed by atoms with Gasteiger partial charge in [0, 0.05) is 39.0 Å². The van der Waals surface area contributed by atoms with E-state index in [1.807, 2.05) is 6.07 Å². The van der Waals surface area contributed by atoms with E-state index in [9.17, 15) is 4.79 Å². The molecule has 0 spiro atoms. The number of amides is 1. The fraction of sp³-hybridized carbons (Fsp3) is 0.647. The molecule has 1 aliphatic heterocycles. The summed E-state index contributed by atoms with van der Waals surface area (Å²) in [4.78, 5) is 18.9. The minimum Gasteiger partial charge on any atom is -0.381 e. The van der Waals surface area contributed by atoms with Gasteiger partial charge in [0.25, 0.3) is 5.91 Å². The first-order chi connectivity index (χ1) is 11.3. The molecule has 6 heteroatoms. The van der Waals surface area contributed by atoms with Crippen molar-refractivity contribution in [1.82, 2.24) is 10.3 Å². The number of morpholine rings is 1. The molecule has 1 aromatic heterocycles. The molecule has 0 radical (unpaired) electrons. The Balaban J connectivity index is 1.80. The van der Waals surface area contributed by atoms with Crippen LogP contribution in [0.25, 0.3) is 0 Å². The first-order valence-electron chi connectivity index (χ1n) is 8.46. The quantitative estimate of drug-likeness (QED) is 0.703. The fourth-order valence-corrected chi connectivity index (χ4v) is 2.42. The van der Waals surface area contributed by atoms with Crippen molar-refractivity contribution in [3.05, 3.63) is 23.9 Å². The minimum atomic E-state index is -0.0758. The Hall–Kier alpha value is -1.66. The zero-order valence-electron chi connectivity index (χ0n) is 13.9. The molecule has 1 N–H and O–H groups in total. The number of aromatic nitrogens is 1. The number of rotatable bonds is 9. The van der Waals surface area contributed by atoms with Crippen LogP contribution in [0.15, 0.2) is 18.3 Å². The molecule has 0 atom stereocenters. The normalized spacial score (nSPS) is 14.7. The highest BCUT2D eigenvalue weighted by molar-refractivity contribution is 5.98. The third-order valence-corrected chi connectivity index (χ3v) is 3.74. The number of anilines is 1. The number of hydrogen-bond acceptors (Lipinski definition) is 5. The summed E-state index contributed by atoms with van der Waals surface area (Å²) < 4.78 is 10.9. The average Bonchev–Trinajstić information content (AvgIpc) is 2.61. The second-order valence-corrected chi connectivity index (χ2v) is 5.55. The molecule has 23 heavy (non-hydrogen) atoms. The second kappa shape index (κ2) is 10.2. The molecule has 0 saturated carbocycles. The van der Waals surface area contributed by atoms with Gasteiger partial charge in [0.2, 0.25) is 0 Å². The third-order valence-electron chi connectivity index (χ3n) is 3.74. The van der Waals surface area contributed by atoms with Gasteiger partial charge in [-0.15, -0.1) is 0 Å². The molecule has 128 valence electrons. The van der Waals surface area contributed by atoms with Crippen LogP contribution in [-0.4, -0.2) is 57.0 Å². The molecule has 2 rings (SSSR count). The van der Waals surface area contributed by atoms with Crippen LogP contribution in [0.3, 0.4) is 0 Å². The van der Waals surface area contributed by atoms with Crippen molar-refractivity contribution in [1.29, 1.82) is 0 Å². The Morgan fingerprint density at radius 2 is 2.13 bits per heavy atom. The van der Waals surface area contributed by atoms with Crippen LogP contribution in [0, 0.1) is 0 Å². The predicted octanol–water partition coefficient (Wildman–Crippen LogP) is 1.85. The fourth-order valence-electron chi connectivity index (χ4n) is 2.42. The summed E-state index contributed by atoms with van der Waals surface area (Å²) in [5, 5.41) is 2.95. The maximum absolute atomic E-state index is 12.4. The highest BCUT2D eigenvalue weighted by Gasteiger charge is 2.19. The van der Waals surface area contributed by atoms with E-state index in [0.29, 0.717) is 31.9 Å². The van der Waals surface area contributed by atoms with Crippen molar-refractivity contribution in [3.8, 4) is 0 Å². The van der Waals surface area contributed by atoms with E-state index < -0.39 is 0 Å². The van der Waals surface area contributed by atoms with Crippen LogP contribution in [0.4, 0.5) is 5.82 Å². The molecule has 1 aromatic rings. The zero-order valence-corrected chi connectivity index (χ0v) is 13.9. The number of pyridine rings is 1. The van der Waals surface area contributed by atoms with Gasteiger partial charge in [-0.2, -0.15) is 0 Å². The molecule has 1 fully saturated rings. The van der Waals surface area contributed by atoms with Crippen LogP contribution in [0.5, 0.6) is 0 Å². The zero-order chi connectivity index (χ0) is 16.3. The predicted molar refractivity (Wildman–Crippen MR) is 89.9 cm³/mol. The Morgan fingerprint density at radius 1 is 1.35 bits per heavy atom. The summed E-state index contributed by atoms with van der Waals surface area (Å²) in [5.74, 6) is 0.667. The standard InChI is InChI=1S/C17H27N3O3/c1-2-3-11-22-12-5-8-19-17(21)15-6-4-7-18-16(15)20-9-13-23-14-10-20/h4,6-7H,2-3,5,8-14H2,1H3,(H,19,21). The van der Waals surface area contributed by atoms with Gasteiger partial charge in [0.05, 0.1) is 18.8 Å². The third kappa shape index (κ3) is 5.80. The van der Waals surface area contributed by atoms with Gasteiger partial charge in [-0.25, -0.2) is 4.98 Å². The highest BCUT2D eigenvalue weighted by Crippen LogP contribution is 2.18.